The largest absolute Gasteiger partial charge is 0.491 e. The highest BCUT2D eigenvalue weighted by atomic mass is 16.5. The van der Waals surface area contributed by atoms with Crippen LogP contribution in [0.2, 0.25) is 0 Å². The van der Waals surface area contributed by atoms with Gasteiger partial charge < -0.3 is 14.2 Å². The summed E-state index contributed by atoms with van der Waals surface area (Å²) in [6.07, 6.45) is 5.13. The third kappa shape index (κ3) is 5.81. The molecule has 0 aromatic heterocycles. The number of ether oxygens (including phenoxy) is 3. The van der Waals surface area contributed by atoms with Gasteiger partial charge in [0.25, 0.3) is 0 Å². The number of likely N-dealkylation sites (tertiary alicyclic amines) is 1. The maximum absolute atomic E-state index is 6.10. The third-order valence-electron chi connectivity index (χ3n) is 5.65. The maximum Gasteiger partial charge on any atom is 0.119 e. The summed E-state index contributed by atoms with van der Waals surface area (Å²) in [6, 6.07) is 19.0. The van der Waals surface area contributed by atoms with Crippen LogP contribution in [0.25, 0.3) is 0 Å². The van der Waals surface area contributed by atoms with Crippen LogP contribution in [0.3, 0.4) is 0 Å². The molecular formula is C24H31NO3. The van der Waals surface area contributed by atoms with E-state index in [-0.39, 0.29) is 6.10 Å². The Hall–Kier alpha value is -1.88. The van der Waals surface area contributed by atoms with Gasteiger partial charge in [-0.15, -0.1) is 0 Å². The lowest BCUT2D eigenvalue weighted by atomic mass is 10.1. The minimum Gasteiger partial charge on any atom is -0.491 e. The molecule has 0 amide bonds. The van der Waals surface area contributed by atoms with Crippen LogP contribution in [0.15, 0.2) is 54.6 Å². The number of benzene rings is 2. The summed E-state index contributed by atoms with van der Waals surface area (Å²) < 4.78 is 17.6. The van der Waals surface area contributed by atoms with E-state index in [4.69, 9.17) is 14.2 Å². The standard InChI is InChI=1S/C24H31NO3/c1-2-5-21(6-3-1)18-27-23-12-14-25(15-13-23)17-20-8-10-22(11-9-20)28-19-24-7-4-16-26-24/h1-3,5-6,8-11,23-24H,4,7,12-19H2/t24-/m0/s1. The Bertz CT molecular complexity index is 690. The molecule has 2 heterocycles. The molecule has 0 bridgehead atoms. The second-order valence-corrected chi connectivity index (χ2v) is 7.86. The van der Waals surface area contributed by atoms with Crippen molar-refractivity contribution in [3.8, 4) is 5.75 Å². The first-order valence-electron chi connectivity index (χ1n) is 10.6. The predicted octanol–water partition coefficient (Wildman–Crippen LogP) is 4.43. The lowest BCUT2D eigenvalue weighted by Crippen LogP contribution is -2.36. The van der Waals surface area contributed by atoms with Gasteiger partial charge in [0.15, 0.2) is 0 Å². The fourth-order valence-electron chi connectivity index (χ4n) is 3.94. The Balaban J connectivity index is 1.16. The maximum atomic E-state index is 6.10. The molecule has 0 spiro atoms. The molecule has 2 fully saturated rings. The lowest BCUT2D eigenvalue weighted by Gasteiger charge is -2.32. The fraction of sp³-hybridized carbons (Fsp3) is 0.500. The SMILES string of the molecule is c1ccc(COC2CCN(Cc3ccc(OC[C@@H]4CCCO4)cc3)CC2)cc1. The predicted molar refractivity (Wildman–Crippen MR) is 110 cm³/mol. The summed E-state index contributed by atoms with van der Waals surface area (Å²) >= 11 is 0. The van der Waals surface area contributed by atoms with Crippen molar-refractivity contribution in [2.45, 2.75) is 51.0 Å². The van der Waals surface area contributed by atoms with E-state index in [2.05, 4.69) is 53.4 Å². The van der Waals surface area contributed by atoms with Crippen LogP contribution < -0.4 is 4.74 Å². The third-order valence-corrected chi connectivity index (χ3v) is 5.65. The molecule has 2 saturated heterocycles. The molecule has 28 heavy (non-hydrogen) atoms. The fourth-order valence-corrected chi connectivity index (χ4v) is 3.94. The highest BCUT2D eigenvalue weighted by Crippen LogP contribution is 2.20. The monoisotopic (exact) mass is 381 g/mol. The Labute approximate surface area is 168 Å². The van der Waals surface area contributed by atoms with Gasteiger partial charge in [-0.2, -0.15) is 0 Å². The Kier molecular flexibility index (Phi) is 6.98. The molecule has 4 nitrogen and oxygen atoms in total. The van der Waals surface area contributed by atoms with Crippen molar-refractivity contribution in [3.63, 3.8) is 0 Å². The Morgan fingerprint density at radius 3 is 2.39 bits per heavy atom. The summed E-state index contributed by atoms with van der Waals surface area (Å²) in [5, 5.41) is 0. The first-order chi connectivity index (χ1) is 13.8. The molecule has 0 aliphatic carbocycles. The number of nitrogens with zero attached hydrogens (tertiary/aromatic N) is 1. The van der Waals surface area contributed by atoms with E-state index in [1.807, 2.05) is 6.07 Å². The number of rotatable bonds is 8. The summed E-state index contributed by atoms with van der Waals surface area (Å²) in [5.74, 6) is 0.937. The zero-order chi connectivity index (χ0) is 19.0. The molecule has 4 heteroatoms. The van der Waals surface area contributed by atoms with Gasteiger partial charge in [0, 0.05) is 26.2 Å². The quantitative estimate of drug-likeness (QED) is 0.677. The number of hydrogen-bond acceptors (Lipinski definition) is 4. The normalized spacial score (nSPS) is 21.1. The van der Waals surface area contributed by atoms with E-state index in [9.17, 15) is 0 Å². The van der Waals surface area contributed by atoms with Crippen molar-refractivity contribution in [3.05, 3.63) is 65.7 Å². The van der Waals surface area contributed by atoms with Gasteiger partial charge in [-0.3, -0.25) is 4.90 Å². The molecule has 2 aliphatic rings. The Morgan fingerprint density at radius 2 is 1.68 bits per heavy atom. The van der Waals surface area contributed by atoms with Gasteiger partial charge in [-0.1, -0.05) is 42.5 Å². The number of hydrogen-bond donors (Lipinski definition) is 0. The highest BCUT2D eigenvalue weighted by molar-refractivity contribution is 5.27. The molecule has 0 unspecified atom stereocenters. The van der Waals surface area contributed by atoms with Crippen LogP contribution in [0.5, 0.6) is 5.75 Å². The van der Waals surface area contributed by atoms with Crippen molar-refractivity contribution in [1.29, 1.82) is 0 Å². The minimum atomic E-state index is 0.269. The minimum absolute atomic E-state index is 0.269. The van der Waals surface area contributed by atoms with Crippen LogP contribution in [-0.2, 0) is 22.6 Å². The van der Waals surface area contributed by atoms with Crippen molar-refractivity contribution in [2.24, 2.45) is 0 Å². The average Bonchev–Trinajstić information content (AvgIpc) is 3.27. The van der Waals surface area contributed by atoms with E-state index in [0.29, 0.717) is 12.7 Å². The second-order valence-electron chi connectivity index (χ2n) is 7.86. The zero-order valence-corrected chi connectivity index (χ0v) is 16.6. The highest BCUT2D eigenvalue weighted by Gasteiger charge is 2.20. The smallest absolute Gasteiger partial charge is 0.119 e. The van der Waals surface area contributed by atoms with Gasteiger partial charge in [-0.25, -0.2) is 0 Å². The molecule has 0 N–H and O–H groups in total. The van der Waals surface area contributed by atoms with Gasteiger partial charge in [0.1, 0.15) is 12.4 Å². The summed E-state index contributed by atoms with van der Waals surface area (Å²) in [7, 11) is 0. The first-order valence-corrected chi connectivity index (χ1v) is 10.6. The van der Waals surface area contributed by atoms with E-state index in [1.165, 1.54) is 11.1 Å². The van der Waals surface area contributed by atoms with Gasteiger partial charge >= 0.3 is 0 Å². The molecule has 150 valence electrons. The zero-order valence-electron chi connectivity index (χ0n) is 16.6. The Morgan fingerprint density at radius 1 is 0.893 bits per heavy atom. The van der Waals surface area contributed by atoms with Crippen LogP contribution in [0, 0.1) is 0 Å². The molecule has 4 rings (SSSR count). The van der Waals surface area contributed by atoms with Crippen LogP contribution >= 0.6 is 0 Å². The average molecular weight is 382 g/mol. The summed E-state index contributed by atoms with van der Waals surface area (Å²) in [5.41, 5.74) is 2.60. The van der Waals surface area contributed by atoms with Crippen molar-refractivity contribution < 1.29 is 14.2 Å². The second kappa shape index (κ2) is 10.1. The molecule has 2 aromatic rings. The summed E-state index contributed by atoms with van der Waals surface area (Å²) in [6.45, 7) is 5.44. The van der Waals surface area contributed by atoms with Crippen LogP contribution in [0.1, 0.15) is 36.8 Å². The van der Waals surface area contributed by atoms with Gasteiger partial charge in [-0.05, 0) is 48.9 Å². The topological polar surface area (TPSA) is 30.9 Å². The lowest BCUT2D eigenvalue weighted by molar-refractivity contribution is -0.00394. The molecular weight excluding hydrogens is 350 g/mol. The van der Waals surface area contributed by atoms with E-state index in [1.54, 1.807) is 0 Å². The van der Waals surface area contributed by atoms with Crippen LogP contribution in [0.4, 0.5) is 0 Å². The van der Waals surface area contributed by atoms with Gasteiger partial charge in [0.2, 0.25) is 0 Å². The molecule has 0 radical (unpaired) electrons. The van der Waals surface area contributed by atoms with Crippen molar-refractivity contribution in [2.75, 3.05) is 26.3 Å². The van der Waals surface area contributed by atoms with Gasteiger partial charge in [0.05, 0.1) is 18.8 Å². The summed E-state index contributed by atoms with van der Waals surface area (Å²) in [4.78, 5) is 2.52. The van der Waals surface area contributed by atoms with E-state index >= 15 is 0 Å². The van der Waals surface area contributed by atoms with E-state index in [0.717, 1.165) is 64.3 Å². The molecule has 1 atom stereocenters. The molecule has 2 aliphatic heterocycles. The molecule has 2 aromatic carbocycles. The first kappa shape index (κ1) is 19.4. The van der Waals surface area contributed by atoms with Crippen LogP contribution in [-0.4, -0.2) is 43.4 Å². The number of piperidine rings is 1. The van der Waals surface area contributed by atoms with Crippen molar-refractivity contribution in [1.82, 2.24) is 4.90 Å². The van der Waals surface area contributed by atoms with E-state index < -0.39 is 0 Å². The van der Waals surface area contributed by atoms with Crippen molar-refractivity contribution >= 4 is 0 Å². The molecule has 0 saturated carbocycles.